The average molecular weight is 1030 g/mol. The molecule has 0 heteroatoms. The number of rotatable bonds is 60. The predicted molar refractivity (Wildman–Crippen MR) is 341 cm³/mol. The van der Waals surface area contributed by atoms with E-state index in [4.69, 9.17) is 0 Å². The fraction of sp³-hybridized carbons (Fsp3) is 0.946. The van der Waals surface area contributed by atoms with Gasteiger partial charge in [0.25, 0.3) is 0 Å². The van der Waals surface area contributed by atoms with Gasteiger partial charge in [0.2, 0.25) is 0 Å². The summed E-state index contributed by atoms with van der Waals surface area (Å²) in [6.07, 6.45) is 86.7. The zero-order valence-corrected chi connectivity index (χ0v) is 53.4. The van der Waals surface area contributed by atoms with E-state index >= 15 is 0 Å². The third kappa shape index (κ3) is 32.5. The van der Waals surface area contributed by atoms with Crippen LogP contribution in [0, 0.1) is 10.8 Å². The highest BCUT2D eigenvalue weighted by Gasteiger charge is 2.56. The normalized spacial score (nSPS) is 17.2. The molecule has 1 rings (SSSR count). The second kappa shape index (κ2) is 53.1. The highest BCUT2D eigenvalue weighted by molar-refractivity contribution is 5.51. The van der Waals surface area contributed by atoms with Crippen molar-refractivity contribution in [3.63, 3.8) is 0 Å². The largest absolute Gasteiger partial charge is 0.0654 e. The van der Waals surface area contributed by atoms with Crippen LogP contribution in [-0.2, 0) is 0 Å². The van der Waals surface area contributed by atoms with Crippen LogP contribution in [0.1, 0.15) is 441 Å². The molecule has 0 fully saturated rings. The van der Waals surface area contributed by atoms with Gasteiger partial charge in [-0.3, -0.25) is 0 Å². The number of hydrogen-bond acceptors (Lipinski definition) is 0. The van der Waals surface area contributed by atoms with E-state index in [-0.39, 0.29) is 0 Å². The fourth-order valence-electron chi connectivity index (χ4n) is 14.6. The molecule has 0 aromatic heterocycles. The second-order valence-electron chi connectivity index (χ2n) is 25.6. The van der Waals surface area contributed by atoms with Crippen molar-refractivity contribution in [3.05, 3.63) is 22.3 Å². The maximum Gasteiger partial charge on any atom is 0.00116 e. The summed E-state index contributed by atoms with van der Waals surface area (Å²) in [5, 5.41) is 0. The van der Waals surface area contributed by atoms with Crippen LogP contribution in [0.15, 0.2) is 22.3 Å². The van der Waals surface area contributed by atoms with Gasteiger partial charge < -0.3 is 0 Å². The highest BCUT2D eigenvalue weighted by Crippen LogP contribution is 2.68. The Morgan fingerprint density at radius 1 is 0.162 bits per heavy atom. The zero-order chi connectivity index (χ0) is 53.7. The van der Waals surface area contributed by atoms with E-state index < -0.39 is 0 Å². The Kier molecular flexibility index (Phi) is 51.3. The molecule has 0 bridgehead atoms. The maximum absolute atomic E-state index is 2.51. The van der Waals surface area contributed by atoms with Crippen molar-refractivity contribution in [2.24, 2.45) is 10.8 Å². The summed E-state index contributed by atoms with van der Waals surface area (Å²) in [5.74, 6) is 0. The fourth-order valence-corrected chi connectivity index (χ4v) is 14.6. The molecule has 2 atom stereocenters. The lowest BCUT2D eigenvalue weighted by atomic mass is 9.44. The van der Waals surface area contributed by atoms with Crippen molar-refractivity contribution in [1.82, 2.24) is 0 Å². The summed E-state index contributed by atoms with van der Waals surface area (Å²) in [7, 11) is 0. The molecule has 0 heterocycles. The summed E-state index contributed by atoms with van der Waals surface area (Å²) in [6, 6.07) is 0. The molecule has 0 saturated carbocycles. The lowest BCUT2D eigenvalue weighted by molar-refractivity contribution is 0.0405. The third-order valence-electron chi connectivity index (χ3n) is 19.1. The van der Waals surface area contributed by atoms with Gasteiger partial charge in [0.1, 0.15) is 0 Å². The van der Waals surface area contributed by atoms with Gasteiger partial charge in [0.05, 0.1) is 0 Å². The average Bonchev–Trinajstić information content (AvgIpc) is 3.41. The number of allylic oxidation sites excluding steroid dienone is 4. The zero-order valence-electron chi connectivity index (χ0n) is 53.4. The molecule has 1 aliphatic carbocycles. The molecular formula is C74H144. The van der Waals surface area contributed by atoms with Crippen molar-refractivity contribution < 1.29 is 0 Å². The summed E-state index contributed by atoms with van der Waals surface area (Å²) < 4.78 is 0. The van der Waals surface area contributed by atoms with Crippen molar-refractivity contribution in [2.45, 2.75) is 441 Å². The van der Waals surface area contributed by atoms with E-state index in [0.29, 0.717) is 10.8 Å². The van der Waals surface area contributed by atoms with Crippen LogP contribution in [0.25, 0.3) is 0 Å². The molecule has 0 N–H and O–H groups in total. The first-order chi connectivity index (χ1) is 36.5. The molecule has 0 nitrogen and oxygen atoms in total. The summed E-state index contributed by atoms with van der Waals surface area (Å²) >= 11 is 0. The molecule has 0 aliphatic heterocycles. The summed E-state index contributed by atoms with van der Waals surface area (Å²) in [5.41, 5.74) is 9.07. The molecule has 74 heavy (non-hydrogen) atoms. The quantitative estimate of drug-likeness (QED) is 0.0533. The molecule has 0 radical (unpaired) electrons. The number of hydrogen-bond donors (Lipinski definition) is 0. The first kappa shape index (κ1) is 71.5. The van der Waals surface area contributed by atoms with Crippen molar-refractivity contribution in [3.8, 4) is 0 Å². The lowest BCUT2D eigenvalue weighted by Crippen LogP contribution is -2.49. The Morgan fingerprint density at radius 3 is 0.541 bits per heavy atom. The summed E-state index contributed by atoms with van der Waals surface area (Å²) in [4.78, 5) is 0. The molecule has 1 aliphatic rings. The molecular weight excluding hydrogens is 889 g/mol. The van der Waals surface area contributed by atoms with Crippen LogP contribution in [0.5, 0.6) is 0 Å². The Morgan fingerprint density at radius 2 is 0.311 bits per heavy atom. The van der Waals surface area contributed by atoms with E-state index in [0.717, 1.165) is 0 Å². The van der Waals surface area contributed by atoms with E-state index in [2.05, 4.69) is 66.5 Å². The second-order valence-corrected chi connectivity index (χ2v) is 25.6. The molecule has 0 saturated heterocycles. The topological polar surface area (TPSA) is 0 Å². The summed E-state index contributed by atoms with van der Waals surface area (Å²) in [6.45, 7) is 19.4. The minimum atomic E-state index is 0.357. The smallest absolute Gasteiger partial charge is 0.00116 e. The van der Waals surface area contributed by atoms with Crippen LogP contribution in [-0.4, -0.2) is 0 Å². The molecule has 0 amide bonds. The first-order valence-electron chi connectivity index (χ1n) is 36.0. The standard InChI is InChI=1S/C74H144/c1-9-17-25-32-37-40-42-46-52-60-68-74(66-58-31-23-15-7)72(63-55-47-30-22-14-6)70(61-53-48-36-29-21-13-5)69(62-54-49-43-35-28-20-12-4)71(64-56-50-44-39-34-27-19-11-3)73(74,65-57-24-16-8)67-59-51-45-41-38-33-26-18-10-2/h9-68H2,1-8H3. The molecule has 2 unspecified atom stereocenters. The van der Waals surface area contributed by atoms with Gasteiger partial charge in [-0.25, -0.2) is 0 Å². The van der Waals surface area contributed by atoms with Gasteiger partial charge in [0.15, 0.2) is 0 Å². The van der Waals surface area contributed by atoms with Crippen LogP contribution in [0.2, 0.25) is 0 Å². The Balaban J connectivity index is 4.29. The van der Waals surface area contributed by atoms with Gasteiger partial charge in [-0.1, -0.05) is 375 Å². The molecule has 0 aromatic rings. The van der Waals surface area contributed by atoms with E-state index in [1.54, 1.807) is 0 Å². The van der Waals surface area contributed by atoms with Gasteiger partial charge in [-0.05, 0) is 88.2 Å². The first-order valence-corrected chi connectivity index (χ1v) is 36.0. The van der Waals surface area contributed by atoms with Gasteiger partial charge in [-0.15, -0.1) is 0 Å². The molecule has 0 spiro atoms. The Hall–Kier alpha value is -0.520. The minimum absolute atomic E-state index is 0.357. The van der Waals surface area contributed by atoms with Gasteiger partial charge in [0, 0.05) is 10.8 Å². The third-order valence-corrected chi connectivity index (χ3v) is 19.1. The predicted octanol–water partition coefficient (Wildman–Crippen LogP) is 28.1. The SMILES string of the molecule is CCCCCCCCCCCCC1(CCCCCC)C(CCCCCCC)=C(CCCCCCCC)C(CCCCCCCCC)=C(CCCCCCCCCC)C1(CCCCC)CCCCCCCCCCC. The lowest BCUT2D eigenvalue weighted by Gasteiger charge is -2.59. The van der Waals surface area contributed by atoms with E-state index in [1.807, 2.05) is 11.1 Å². The molecule has 0 aromatic carbocycles. The minimum Gasteiger partial charge on any atom is -0.0654 e. The van der Waals surface area contributed by atoms with Crippen LogP contribution >= 0.6 is 0 Å². The van der Waals surface area contributed by atoms with E-state index in [9.17, 15) is 0 Å². The van der Waals surface area contributed by atoms with Crippen molar-refractivity contribution in [1.29, 1.82) is 0 Å². The van der Waals surface area contributed by atoms with Crippen molar-refractivity contribution >= 4 is 0 Å². The molecule has 440 valence electrons. The Labute approximate surface area is 471 Å². The van der Waals surface area contributed by atoms with Crippen molar-refractivity contribution in [2.75, 3.05) is 0 Å². The maximum atomic E-state index is 2.51. The monoisotopic (exact) mass is 1030 g/mol. The van der Waals surface area contributed by atoms with Crippen LogP contribution in [0.4, 0.5) is 0 Å². The number of unbranched alkanes of at least 4 members (excludes halogenated alkanes) is 44. The van der Waals surface area contributed by atoms with Crippen LogP contribution < -0.4 is 0 Å². The van der Waals surface area contributed by atoms with Crippen LogP contribution in [0.3, 0.4) is 0 Å². The van der Waals surface area contributed by atoms with Gasteiger partial charge in [-0.2, -0.15) is 0 Å². The van der Waals surface area contributed by atoms with Gasteiger partial charge >= 0.3 is 0 Å². The Bertz CT molecular complexity index is 1220. The van der Waals surface area contributed by atoms with E-state index in [1.165, 1.54) is 385 Å². The highest BCUT2D eigenvalue weighted by atomic mass is 14.6.